The molecule has 40 heteroatoms. The van der Waals surface area contributed by atoms with Gasteiger partial charge in [-0.05, 0) is 74.8 Å². The van der Waals surface area contributed by atoms with Crippen LogP contribution in [-0.2, 0) is 166 Å². The Kier molecular flexibility index (Phi) is 67.4. The summed E-state index contributed by atoms with van der Waals surface area (Å²) in [4.78, 5) is 56.8. The molecule has 1 fully saturated rings. The number of aromatic nitrogens is 2. The number of imidazole rings is 1. The van der Waals surface area contributed by atoms with Crippen LogP contribution in [0.2, 0.25) is 10.0 Å². The normalized spacial score (nSPS) is 13.8. The number of amides is 3. The third kappa shape index (κ3) is 53.6. The topological polar surface area (TPSA) is 381 Å². The van der Waals surface area contributed by atoms with E-state index >= 15 is 0 Å². The van der Waals surface area contributed by atoms with E-state index in [-0.39, 0.29) is 30.1 Å². The van der Waals surface area contributed by atoms with Crippen LogP contribution in [0.5, 0.6) is 0 Å². The van der Waals surface area contributed by atoms with Gasteiger partial charge in [0.15, 0.2) is 11.0 Å². The van der Waals surface area contributed by atoms with Crippen molar-refractivity contribution in [3.05, 3.63) is 69.6 Å². The number of hydrogen-bond acceptors (Lipinski definition) is 32. The van der Waals surface area contributed by atoms with Crippen LogP contribution in [-0.4, -0.2) is 377 Å². The van der Waals surface area contributed by atoms with Gasteiger partial charge < -0.3 is 129 Å². The summed E-state index contributed by atoms with van der Waals surface area (Å²) in [5.74, 6) is -0.923. The van der Waals surface area contributed by atoms with E-state index < -0.39 is 33.3 Å². The molecule has 1 saturated heterocycles. The number of allylic oxidation sites excluding steroid dienone is 3. The van der Waals surface area contributed by atoms with Crippen LogP contribution in [0.1, 0.15) is 109 Å². The minimum atomic E-state index is -4.44. The van der Waals surface area contributed by atoms with Crippen molar-refractivity contribution < 1.29 is 155 Å². The summed E-state index contributed by atoms with van der Waals surface area (Å²) in [6.07, 6.45) is 12.2. The quantitative estimate of drug-likeness (QED) is 0.0235. The van der Waals surface area contributed by atoms with Gasteiger partial charge >= 0.3 is 5.97 Å². The second kappa shape index (κ2) is 76.0. The lowest BCUT2D eigenvalue weighted by Gasteiger charge is -2.27. The van der Waals surface area contributed by atoms with Gasteiger partial charge in [-0.2, -0.15) is 8.42 Å². The molecule has 0 unspecified atom stereocenters. The van der Waals surface area contributed by atoms with Crippen molar-refractivity contribution in [3.63, 3.8) is 0 Å². The van der Waals surface area contributed by atoms with Crippen molar-refractivity contribution in [1.29, 1.82) is 0 Å². The highest BCUT2D eigenvalue weighted by Gasteiger charge is 2.41. The lowest BCUT2D eigenvalue weighted by Crippen LogP contribution is -2.36. The van der Waals surface area contributed by atoms with Gasteiger partial charge in [-0.25, -0.2) is 13.9 Å². The largest absolute Gasteiger partial charge is 0.382 e. The molecule has 37 nitrogen and oxygen atoms in total. The zero-order chi connectivity index (χ0) is 92.4. The van der Waals surface area contributed by atoms with Gasteiger partial charge in [-0.15, -0.1) is 5.06 Å². The van der Waals surface area contributed by atoms with Crippen LogP contribution < -0.4 is 14.8 Å². The van der Waals surface area contributed by atoms with Crippen molar-refractivity contribution in [2.75, 3.05) is 336 Å². The zero-order valence-electron chi connectivity index (χ0n) is 76.7. The number of halogens is 2. The van der Waals surface area contributed by atoms with Crippen LogP contribution in [0.15, 0.2) is 53.1 Å². The Morgan fingerprint density at radius 1 is 0.450 bits per heavy atom. The number of carbonyl (C=O) groups excluding carboxylic acids is 4. The molecule has 0 atom stereocenters. The minimum absolute atomic E-state index is 0.0154. The van der Waals surface area contributed by atoms with E-state index in [1.165, 1.54) is 6.07 Å². The van der Waals surface area contributed by atoms with E-state index in [1.54, 1.807) is 19.2 Å². The number of fused-ring (bicyclic) bond motifs is 2. The molecule has 3 aromatic rings. The summed E-state index contributed by atoms with van der Waals surface area (Å²) in [6, 6.07) is 8.44. The number of hydrogen-bond donors (Lipinski definition) is 2. The lowest BCUT2D eigenvalue weighted by atomic mass is 9.83. The molecule has 2 aromatic carbocycles. The summed E-state index contributed by atoms with van der Waals surface area (Å²) < 4.78 is 171. The number of nitrogens with zero attached hydrogens (tertiary/aromatic N) is 4. The van der Waals surface area contributed by atoms with Crippen LogP contribution in [0.25, 0.3) is 17.1 Å². The molecule has 0 radical (unpaired) electrons. The van der Waals surface area contributed by atoms with Crippen LogP contribution >= 0.6 is 23.2 Å². The maximum atomic E-state index is 12.9. The highest BCUT2D eigenvalue weighted by Crippen LogP contribution is 2.48. The number of carbonyl (C=O) groups is 4. The summed E-state index contributed by atoms with van der Waals surface area (Å²) in [5.41, 5.74) is 3.68. The number of rotatable bonds is 91. The summed E-state index contributed by atoms with van der Waals surface area (Å²) in [6.45, 7) is 30.3. The average Bonchev–Trinajstić information content (AvgIpc) is 1.60. The molecule has 2 N–H and O–H groups in total. The van der Waals surface area contributed by atoms with Gasteiger partial charge in [0.25, 0.3) is 27.8 Å². The first-order valence-corrected chi connectivity index (χ1v) is 47.6. The van der Waals surface area contributed by atoms with E-state index in [4.69, 9.17) is 142 Å². The molecule has 2 aliphatic rings. The molecule has 0 bridgehead atoms. The smallest absolute Gasteiger partial charge is 0.333 e. The molecule has 0 spiro atoms. The average molecular weight is 1900 g/mol. The molecule has 740 valence electrons. The third-order valence-electron chi connectivity index (χ3n) is 19.5. The Balaban J connectivity index is 0.729. The van der Waals surface area contributed by atoms with Crippen LogP contribution in [0.4, 0.5) is 5.69 Å². The Hall–Kier alpha value is -5.20. The van der Waals surface area contributed by atoms with E-state index in [2.05, 4.69) is 26.3 Å². The molecule has 1 aromatic heterocycles. The first-order chi connectivity index (χ1) is 63.1. The first kappa shape index (κ1) is 114. The Morgan fingerprint density at radius 3 is 1.16 bits per heavy atom. The van der Waals surface area contributed by atoms with Crippen molar-refractivity contribution in [1.82, 2.24) is 14.9 Å². The molecule has 3 heterocycles. The molecule has 5 rings (SSSR count). The molecule has 3 amide bonds. The van der Waals surface area contributed by atoms with Crippen molar-refractivity contribution in [2.45, 2.75) is 121 Å². The fourth-order valence-corrected chi connectivity index (χ4v) is 13.6. The summed E-state index contributed by atoms with van der Waals surface area (Å²) in [5, 5.41) is 4.28. The van der Waals surface area contributed by atoms with Crippen molar-refractivity contribution in [3.8, 4) is 0 Å². The number of nitrogens with one attached hydrogen (secondary N) is 1. The standard InChI is InChI=1S/C89H147Cl2N5O32S/c1-5-6-23-93-80-19-18-76(129(101,102)103)73-77(80)89(2,3)83(93)14-13-16-85-94(81-74-78(90)79(91)75-82(81)95(85)25-12-8-10-17-88(100)128-96-86(98)20-21-87(96)99)24-11-7-9-15-84(97)92-22-26-105-29-30-107-33-34-109-37-38-111-41-42-113-45-46-115-49-50-117-53-54-119-57-58-121-61-62-123-65-66-125-69-70-127-72-71-126-68-67-124-64-63-122-60-59-120-56-55-118-52-51-116-48-47-114-44-43-112-40-39-110-36-35-108-32-31-106-28-27-104-4/h13-14,16,18-19,73-75H,5-12,15,17,20-72H2,1-4H3,(H-,92,97,101,102,103)/p+1. The van der Waals surface area contributed by atoms with Gasteiger partial charge in [0.05, 0.1) is 339 Å². The molecule has 0 aliphatic carbocycles. The van der Waals surface area contributed by atoms with Crippen LogP contribution in [0, 0.1) is 0 Å². The monoisotopic (exact) mass is 1900 g/mol. The number of ether oxygens (including phenoxy) is 24. The predicted molar refractivity (Wildman–Crippen MR) is 479 cm³/mol. The van der Waals surface area contributed by atoms with Crippen molar-refractivity contribution in [2.24, 2.45) is 0 Å². The van der Waals surface area contributed by atoms with Gasteiger partial charge in [0, 0.05) is 80.9 Å². The lowest BCUT2D eigenvalue weighted by molar-refractivity contribution is -0.674. The number of benzene rings is 2. The Bertz CT molecular complexity index is 3560. The SMILES string of the molecule is CCCCN1C(=CC=Cc2n(CCCCCC(=O)ON3C(=O)CCC3=O)c3cc(Cl)c(Cl)cc3[n+]2CCCCCC(=O)NCCOCCOCCOCCOCCOCCOCCOCCOCCOCCOCCOCCOCCOCCOCCOCCOCCOCCOCCOCCOCCOCCOCCOCCOC)C(C)(C)c2cc(S(=O)(=O)O)ccc21. The van der Waals surface area contributed by atoms with E-state index in [9.17, 15) is 32.1 Å². The zero-order valence-corrected chi connectivity index (χ0v) is 79.1. The first-order valence-electron chi connectivity index (χ1n) is 45.4. The maximum Gasteiger partial charge on any atom is 0.333 e. The number of hydroxylamine groups is 2. The van der Waals surface area contributed by atoms with E-state index in [1.807, 2.05) is 44.2 Å². The van der Waals surface area contributed by atoms with E-state index in [0.717, 1.165) is 59.5 Å². The van der Waals surface area contributed by atoms with Gasteiger partial charge in [-0.1, -0.05) is 56.5 Å². The van der Waals surface area contributed by atoms with Gasteiger partial charge in [-0.3, -0.25) is 18.9 Å². The fourth-order valence-electron chi connectivity index (χ4n) is 12.8. The molecule has 2 aliphatic heterocycles. The highest BCUT2D eigenvalue weighted by atomic mass is 35.5. The number of unbranched alkanes of at least 4 members (excludes halogenated alkanes) is 5. The molecule has 129 heavy (non-hydrogen) atoms. The fraction of sp³-hybridized carbons (Fsp3) is 0.764. The summed E-state index contributed by atoms with van der Waals surface area (Å²) in [7, 11) is -2.80. The number of methoxy groups -OCH3 is 1. The Morgan fingerprint density at radius 2 is 0.798 bits per heavy atom. The number of imide groups is 1. The predicted octanol–water partition coefficient (Wildman–Crippen LogP) is 7.85. The van der Waals surface area contributed by atoms with Crippen LogP contribution in [0.3, 0.4) is 0 Å². The van der Waals surface area contributed by atoms with Crippen molar-refractivity contribution >= 4 is 79.8 Å². The second-order valence-corrected chi connectivity index (χ2v) is 31.9. The second-order valence-electron chi connectivity index (χ2n) is 29.7. The minimum Gasteiger partial charge on any atom is -0.382 e. The number of aryl methyl sites for hydroxylation is 2. The molecular weight excluding hydrogens is 1750 g/mol. The Labute approximate surface area is 772 Å². The third-order valence-corrected chi connectivity index (χ3v) is 21.1. The summed E-state index contributed by atoms with van der Waals surface area (Å²) >= 11 is 13.4. The number of anilines is 1. The maximum absolute atomic E-state index is 12.9. The molecule has 0 saturated carbocycles. The molecular formula is C89H148Cl2N5O32S+. The van der Waals surface area contributed by atoms with Gasteiger partial charge in [0.1, 0.15) is 0 Å². The highest BCUT2D eigenvalue weighted by molar-refractivity contribution is 7.85. The van der Waals surface area contributed by atoms with Gasteiger partial charge in [0.2, 0.25) is 5.91 Å². The van der Waals surface area contributed by atoms with E-state index in [0.29, 0.717) is 384 Å².